The van der Waals surface area contributed by atoms with Gasteiger partial charge >= 0.3 is 5.97 Å². The van der Waals surface area contributed by atoms with Crippen LogP contribution in [0.25, 0.3) is 0 Å². The van der Waals surface area contributed by atoms with Crippen LogP contribution >= 0.6 is 0 Å². The van der Waals surface area contributed by atoms with Gasteiger partial charge in [0, 0.05) is 18.7 Å². The second-order valence-electron chi connectivity index (χ2n) is 9.30. The Bertz CT molecular complexity index is 1330. The molecule has 1 amide bonds. The maximum Gasteiger partial charge on any atom is 0.343 e. The Morgan fingerprint density at radius 1 is 1.03 bits per heavy atom. The summed E-state index contributed by atoms with van der Waals surface area (Å²) in [6.45, 7) is 2.63. The highest BCUT2D eigenvalue weighted by Crippen LogP contribution is 2.43. The summed E-state index contributed by atoms with van der Waals surface area (Å²) < 4.78 is 12.6. The smallest absolute Gasteiger partial charge is 0.343 e. The summed E-state index contributed by atoms with van der Waals surface area (Å²) in [4.78, 5) is 39.1. The van der Waals surface area contributed by atoms with E-state index in [9.17, 15) is 14.4 Å². The van der Waals surface area contributed by atoms with Gasteiger partial charge in [0.1, 0.15) is 5.56 Å². The molecule has 3 aromatic rings. The van der Waals surface area contributed by atoms with E-state index >= 15 is 0 Å². The second kappa shape index (κ2) is 10.0. The highest BCUT2D eigenvalue weighted by atomic mass is 16.5. The Hall–Kier alpha value is -3.87. The first-order valence-electron chi connectivity index (χ1n) is 12.5. The molecule has 1 aliphatic carbocycles. The number of rotatable bonds is 6. The van der Waals surface area contributed by atoms with Crippen LogP contribution in [0, 0.1) is 0 Å². The van der Waals surface area contributed by atoms with E-state index in [2.05, 4.69) is 29.6 Å². The molecule has 186 valence electrons. The number of ether oxygens (including phenoxy) is 2. The minimum Gasteiger partial charge on any atom is -0.487 e. The lowest BCUT2D eigenvalue weighted by molar-refractivity contribution is 0.0595. The molecular weight excluding hydrogens is 456 g/mol. The van der Waals surface area contributed by atoms with E-state index in [4.69, 9.17) is 9.47 Å². The number of unbranched alkanes of at least 4 members (excludes halogenated alkanes) is 1. The first-order valence-corrected chi connectivity index (χ1v) is 12.5. The summed E-state index contributed by atoms with van der Waals surface area (Å²) >= 11 is 0. The van der Waals surface area contributed by atoms with Gasteiger partial charge in [-0.05, 0) is 41.5 Å². The zero-order chi connectivity index (χ0) is 25.2. The van der Waals surface area contributed by atoms with Crippen molar-refractivity contribution in [3.63, 3.8) is 0 Å². The third kappa shape index (κ3) is 4.08. The number of aromatic nitrogens is 1. The lowest BCUT2D eigenvalue weighted by Gasteiger charge is -2.36. The van der Waals surface area contributed by atoms with Crippen molar-refractivity contribution in [1.29, 1.82) is 0 Å². The number of amides is 1. The minimum absolute atomic E-state index is 0.0938. The molecular formula is C29H30N2O5. The van der Waals surface area contributed by atoms with Crippen LogP contribution in [0.2, 0.25) is 0 Å². The molecule has 0 fully saturated rings. The highest BCUT2D eigenvalue weighted by molar-refractivity contribution is 5.98. The van der Waals surface area contributed by atoms with Gasteiger partial charge in [0.25, 0.3) is 5.91 Å². The summed E-state index contributed by atoms with van der Waals surface area (Å²) in [5.74, 6) is -1.33. The van der Waals surface area contributed by atoms with E-state index in [1.54, 1.807) is 4.57 Å². The third-order valence-electron chi connectivity index (χ3n) is 7.21. The molecule has 2 heterocycles. The number of carbonyl (C=O) groups is 2. The van der Waals surface area contributed by atoms with E-state index < -0.39 is 11.4 Å². The molecule has 7 nitrogen and oxygen atoms in total. The van der Waals surface area contributed by atoms with Crippen molar-refractivity contribution in [3.05, 3.63) is 98.5 Å². The summed E-state index contributed by atoms with van der Waals surface area (Å²) in [6, 6.07) is 16.5. The molecule has 0 bridgehead atoms. The molecule has 1 N–H and O–H groups in total. The molecule has 0 saturated heterocycles. The number of methoxy groups -OCH3 is 1. The molecule has 1 aromatic heterocycles. The number of nitrogens with zero attached hydrogens (tertiary/aromatic N) is 1. The number of carbonyl (C=O) groups excluding carboxylic acids is 2. The van der Waals surface area contributed by atoms with Crippen LogP contribution in [-0.2, 0) is 17.6 Å². The SMILES string of the molecule is CCCCOc1c2n(cc(C(=O)OC)c1=O)C(C1c3ccccc3CCc3ccccc31)CNC2=O. The largest absolute Gasteiger partial charge is 0.487 e. The van der Waals surface area contributed by atoms with Gasteiger partial charge in [0.2, 0.25) is 5.43 Å². The minimum atomic E-state index is -0.748. The Labute approximate surface area is 210 Å². The van der Waals surface area contributed by atoms with Gasteiger partial charge in [-0.2, -0.15) is 0 Å². The average molecular weight is 487 g/mol. The Morgan fingerprint density at radius 3 is 2.28 bits per heavy atom. The van der Waals surface area contributed by atoms with Crippen LogP contribution < -0.4 is 15.5 Å². The van der Waals surface area contributed by atoms with Gasteiger partial charge in [0.15, 0.2) is 11.4 Å². The standard InChI is InChI=1S/C29H30N2O5/c1-3-4-15-36-27-25-28(33)30-16-23(31(25)17-22(26(27)32)29(34)35-2)24-20-11-7-5-9-18(20)13-14-19-10-6-8-12-21(19)24/h5-12,17,23-24H,3-4,13-16H2,1-2H3,(H,30,33). The van der Waals surface area contributed by atoms with Crippen LogP contribution in [0.4, 0.5) is 0 Å². The molecule has 0 saturated carbocycles. The van der Waals surface area contributed by atoms with Crippen molar-refractivity contribution in [2.24, 2.45) is 0 Å². The quantitative estimate of drug-likeness (QED) is 0.420. The van der Waals surface area contributed by atoms with Crippen molar-refractivity contribution in [2.45, 2.75) is 44.6 Å². The Morgan fingerprint density at radius 2 is 1.67 bits per heavy atom. The molecule has 1 aliphatic heterocycles. The number of aryl methyl sites for hydroxylation is 2. The number of esters is 1. The molecule has 1 atom stereocenters. The van der Waals surface area contributed by atoms with Crippen molar-refractivity contribution in [2.75, 3.05) is 20.3 Å². The van der Waals surface area contributed by atoms with Crippen molar-refractivity contribution < 1.29 is 19.1 Å². The average Bonchev–Trinajstić information content (AvgIpc) is 3.07. The summed E-state index contributed by atoms with van der Waals surface area (Å²) in [5.41, 5.74) is 4.27. The predicted octanol–water partition coefficient (Wildman–Crippen LogP) is 4.03. The second-order valence-corrected chi connectivity index (χ2v) is 9.30. The Balaban J connectivity index is 1.75. The predicted molar refractivity (Wildman–Crippen MR) is 136 cm³/mol. The summed E-state index contributed by atoms with van der Waals surface area (Å²) in [5, 5.41) is 2.99. The zero-order valence-corrected chi connectivity index (χ0v) is 20.6. The number of benzene rings is 2. The normalized spacial score (nSPS) is 16.7. The van der Waals surface area contributed by atoms with Gasteiger partial charge in [-0.25, -0.2) is 4.79 Å². The Kier molecular flexibility index (Phi) is 6.63. The lowest BCUT2D eigenvalue weighted by atomic mass is 9.81. The molecule has 0 spiro atoms. The van der Waals surface area contributed by atoms with Crippen LogP contribution in [0.1, 0.15) is 74.8 Å². The van der Waals surface area contributed by atoms with Crippen LogP contribution in [0.15, 0.2) is 59.5 Å². The molecule has 5 rings (SSSR count). The number of nitrogens with one attached hydrogen (secondary N) is 1. The lowest BCUT2D eigenvalue weighted by Crippen LogP contribution is -2.44. The number of hydrogen-bond donors (Lipinski definition) is 1. The van der Waals surface area contributed by atoms with Crippen LogP contribution in [0.3, 0.4) is 0 Å². The molecule has 2 aromatic carbocycles. The zero-order valence-electron chi connectivity index (χ0n) is 20.6. The van der Waals surface area contributed by atoms with E-state index in [-0.39, 0.29) is 41.5 Å². The molecule has 7 heteroatoms. The maximum absolute atomic E-state index is 13.3. The van der Waals surface area contributed by atoms with Gasteiger partial charge < -0.3 is 19.4 Å². The van der Waals surface area contributed by atoms with Crippen molar-refractivity contribution in [1.82, 2.24) is 9.88 Å². The first-order chi connectivity index (χ1) is 17.5. The topological polar surface area (TPSA) is 86.6 Å². The van der Waals surface area contributed by atoms with Crippen LogP contribution in [-0.4, -0.2) is 36.7 Å². The fraction of sp³-hybridized carbons (Fsp3) is 0.345. The third-order valence-corrected chi connectivity index (χ3v) is 7.21. The van der Waals surface area contributed by atoms with E-state index in [1.807, 2.05) is 31.2 Å². The van der Waals surface area contributed by atoms with Gasteiger partial charge in [-0.1, -0.05) is 61.9 Å². The fourth-order valence-electron chi connectivity index (χ4n) is 5.44. The molecule has 0 radical (unpaired) electrons. The maximum atomic E-state index is 13.3. The van der Waals surface area contributed by atoms with Crippen molar-refractivity contribution >= 4 is 11.9 Å². The van der Waals surface area contributed by atoms with Gasteiger partial charge in [0.05, 0.1) is 19.8 Å². The summed E-state index contributed by atoms with van der Waals surface area (Å²) in [7, 11) is 1.24. The summed E-state index contributed by atoms with van der Waals surface area (Å²) in [6.07, 6.45) is 4.90. The first kappa shape index (κ1) is 23.9. The number of pyridine rings is 1. The van der Waals surface area contributed by atoms with Crippen molar-refractivity contribution in [3.8, 4) is 5.75 Å². The molecule has 2 aliphatic rings. The van der Waals surface area contributed by atoms with Crippen LogP contribution in [0.5, 0.6) is 5.75 Å². The van der Waals surface area contributed by atoms with Gasteiger partial charge in [-0.15, -0.1) is 0 Å². The van der Waals surface area contributed by atoms with E-state index in [0.717, 1.165) is 25.7 Å². The highest BCUT2D eigenvalue weighted by Gasteiger charge is 2.38. The molecule has 36 heavy (non-hydrogen) atoms. The van der Waals surface area contributed by atoms with Gasteiger partial charge in [-0.3, -0.25) is 9.59 Å². The van der Waals surface area contributed by atoms with E-state index in [1.165, 1.54) is 35.6 Å². The fourth-order valence-corrected chi connectivity index (χ4v) is 5.44. The van der Waals surface area contributed by atoms with E-state index in [0.29, 0.717) is 6.54 Å². The number of hydrogen-bond acceptors (Lipinski definition) is 5. The molecule has 1 unspecified atom stereocenters. The monoisotopic (exact) mass is 486 g/mol. The number of fused-ring (bicyclic) bond motifs is 3.